The maximum Gasteiger partial charge on any atom is 0.416 e. The maximum absolute atomic E-state index is 12.7. The molecule has 130 valence electrons. The van der Waals surface area contributed by atoms with Crippen LogP contribution in [0.2, 0.25) is 0 Å². The Bertz CT molecular complexity index is 651. The molecule has 4 nitrogen and oxygen atoms in total. The number of nitrogens with one attached hydrogen (secondary N) is 1. The van der Waals surface area contributed by atoms with Crippen molar-refractivity contribution < 1.29 is 22.8 Å². The molecule has 0 unspecified atom stereocenters. The van der Waals surface area contributed by atoms with E-state index in [0.29, 0.717) is 31.4 Å². The number of halogens is 3. The fraction of sp³-hybridized carbons (Fsp3) is 0.529. The van der Waals surface area contributed by atoms with E-state index in [-0.39, 0.29) is 11.8 Å². The van der Waals surface area contributed by atoms with Gasteiger partial charge in [-0.3, -0.25) is 9.59 Å². The average Bonchev–Trinajstić information content (AvgIpc) is 3.11. The summed E-state index contributed by atoms with van der Waals surface area (Å²) in [6, 6.07) is 4.45. The highest BCUT2D eigenvalue weighted by molar-refractivity contribution is 5.88. The molecular formula is C17H19F3N2O2. The van der Waals surface area contributed by atoms with E-state index in [4.69, 9.17) is 0 Å². The first-order valence-electron chi connectivity index (χ1n) is 8.00. The fourth-order valence-electron chi connectivity index (χ4n) is 3.32. The van der Waals surface area contributed by atoms with E-state index >= 15 is 0 Å². The van der Waals surface area contributed by atoms with Crippen molar-refractivity contribution >= 4 is 11.8 Å². The topological polar surface area (TPSA) is 49.4 Å². The lowest BCUT2D eigenvalue weighted by molar-refractivity contribution is -0.137. The van der Waals surface area contributed by atoms with E-state index in [1.54, 1.807) is 4.90 Å². The summed E-state index contributed by atoms with van der Waals surface area (Å²) in [6.45, 7) is 2.01. The standard InChI is InChI=1S/C17H19F3N2O2/c1-11(23)22-10-2-3-14(22)15(24)21-16(8-9-16)12-4-6-13(7-5-12)17(18,19)20/h4-7,14H,2-3,8-10H2,1H3,(H,21,24)/t14-/m1/s1. The molecule has 0 bridgehead atoms. The van der Waals surface area contributed by atoms with Gasteiger partial charge < -0.3 is 10.2 Å². The molecule has 1 N–H and O–H groups in total. The number of hydrogen-bond donors (Lipinski definition) is 1. The maximum atomic E-state index is 12.7. The minimum absolute atomic E-state index is 0.132. The van der Waals surface area contributed by atoms with E-state index in [1.807, 2.05) is 0 Å². The SMILES string of the molecule is CC(=O)N1CCC[C@@H]1C(=O)NC1(c2ccc(C(F)(F)F)cc2)CC1. The molecule has 3 rings (SSSR count). The fourth-order valence-corrected chi connectivity index (χ4v) is 3.32. The summed E-state index contributed by atoms with van der Waals surface area (Å²) in [4.78, 5) is 25.7. The lowest BCUT2D eigenvalue weighted by atomic mass is 10.0. The molecule has 0 radical (unpaired) electrons. The van der Waals surface area contributed by atoms with Gasteiger partial charge in [0.25, 0.3) is 0 Å². The van der Waals surface area contributed by atoms with Gasteiger partial charge in [-0.1, -0.05) is 12.1 Å². The average molecular weight is 340 g/mol. The number of amides is 2. The number of hydrogen-bond acceptors (Lipinski definition) is 2. The molecule has 0 spiro atoms. The molecule has 0 aromatic heterocycles. The summed E-state index contributed by atoms with van der Waals surface area (Å²) in [5.41, 5.74) is -0.616. The normalized spacial score (nSPS) is 22.3. The Hall–Kier alpha value is -2.05. The summed E-state index contributed by atoms with van der Waals surface area (Å²) in [7, 11) is 0. The van der Waals surface area contributed by atoms with Crippen molar-refractivity contribution in [1.82, 2.24) is 10.2 Å². The number of rotatable bonds is 3. The molecule has 1 aliphatic carbocycles. The molecule has 1 aromatic rings. The van der Waals surface area contributed by atoms with Crippen LogP contribution in [0.4, 0.5) is 13.2 Å². The van der Waals surface area contributed by atoms with Gasteiger partial charge in [0.05, 0.1) is 11.1 Å². The Morgan fingerprint density at radius 2 is 1.83 bits per heavy atom. The molecule has 2 amide bonds. The van der Waals surface area contributed by atoms with Gasteiger partial charge in [-0.2, -0.15) is 13.2 Å². The molecule has 7 heteroatoms. The van der Waals surface area contributed by atoms with Gasteiger partial charge in [0.1, 0.15) is 6.04 Å². The Morgan fingerprint density at radius 1 is 1.21 bits per heavy atom. The van der Waals surface area contributed by atoms with Crippen molar-refractivity contribution in [1.29, 1.82) is 0 Å². The first-order chi connectivity index (χ1) is 11.2. The first kappa shape index (κ1) is 16.8. The Labute approximate surface area is 138 Å². The zero-order valence-corrected chi connectivity index (χ0v) is 13.3. The van der Waals surface area contributed by atoms with Gasteiger partial charge in [0, 0.05) is 13.5 Å². The predicted molar refractivity (Wildman–Crippen MR) is 80.9 cm³/mol. The molecule has 2 fully saturated rings. The van der Waals surface area contributed by atoms with Crippen LogP contribution in [0.15, 0.2) is 24.3 Å². The largest absolute Gasteiger partial charge is 0.416 e. The molecule has 1 saturated heterocycles. The van der Waals surface area contributed by atoms with Crippen LogP contribution in [0, 0.1) is 0 Å². The van der Waals surface area contributed by atoms with Crippen LogP contribution >= 0.6 is 0 Å². The Kier molecular flexibility index (Phi) is 4.05. The number of alkyl halides is 3. The van der Waals surface area contributed by atoms with Crippen molar-refractivity contribution in [2.24, 2.45) is 0 Å². The zero-order chi connectivity index (χ0) is 17.5. The molecule has 24 heavy (non-hydrogen) atoms. The molecular weight excluding hydrogens is 321 g/mol. The second-order valence-corrected chi connectivity index (χ2v) is 6.52. The van der Waals surface area contributed by atoms with Crippen LogP contribution < -0.4 is 5.32 Å². The lowest BCUT2D eigenvalue weighted by Gasteiger charge is -2.26. The van der Waals surface area contributed by atoms with E-state index in [0.717, 1.165) is 18.6 Å². The quantitative estimate of drug-likeness (QED) is 0.920. The highest BCUT2D eigenvalue weighted by atomic mass is 19.4. The minimum Gasteiger partial charge on any atom is -0.345 e. The van der Waals surface area contributed by atoms with E-state index in [2.05, 4.69) is 5.32 Å². The van der Waals surface area contributed by atoms with E-state index in [9.17, 15) is 22.8 Å². The summed E-state index contributed by atoms with van der Waals surface area (Å²) < 4.78 is 38.0. The molecule has 1 saturated carbocycles. The van der Waals surface area contributed by atoms with Gasteiger partial charge in [-0.15, -0.1) is 0 Å². The van der Waals surface area contributed by atoms with Crippen molar-refractivity contribution in [2.45, 2.75) is 50.4 Å². The molecule has 1 aliphatic heterocycles. The van der Waals surface area contributed by atoms with Crippen molar-refractivity contribution in [2.75, 3.05) is 6.54 Å². The van der Waals surface area contributed by atoms with Crippen molar-refractivity contribution in [3.05, 3.63) is 35.4 Å². The van der Waals surface area contributed by atoms with Crippen LogP contribution in [-0.2, 0) is 21.3 Å². The third-order valence-electron chi connectivity index (χ3n) is 4.84. The summed E-state index contributed by atoms with van der Waals surface area (Å²) in [5, 5.41) is 2.95. The highest BCUT2D eigenvalue weighted by Gasteiger charge is 2.48. The number of benzene rings is 1. The van der Waals surface area contributed by atoms with Gasteiger partial charge in [-0.05, 0) is 43.4 Å². The van der Waals surface area contributed by atoms with Gasteiger partial charge in [0.15, 0.2) is 0 Å². The van der Waals surface area contributed by atoms with E-state index in [1.165, 1.54) is 19.1 Å². The number of likely N-dealkylation sites (tertiary alicyclic amines) is 1. The van der Waals surface area contributed by atoms with Crippen LogP contribution in [0.3, 0.4) is 0 Å². The van der Waals surface area contributed by atoms with Crippen LogP contribution in [0.5, 0.6) is 0 Å². The number of carbonyl (C=O) groups is 2. The third kappa shape index (κ3) is 3.12. The molecule has 1 aromatic carbocycles. The lowest BCUT2D eigenvalue weighted by Crippen LogP contribution is -2.48. The van der Waals surface area contributed by atoms with Crippen LogP contribution in [0.25, 0.3) is 0 Å². The van der Waals surface area contributed by atoms with Crippen molar-refractivity contribution in [3.63, 3.8) is 0 Å². The Balaban J connectivity index is 1.73. The summed E-state index contributed by atoms with van der Waals surface area (Å²) >= 11 is 0. The number of nitrogens with zero attached hydrogens (tertiary/aromatic N) is 1. The molecule has 1 atom stereocenters. The number of carbonyl (C=O) groups excluding carboxylic acids is 2. The second kappa shape index (κ2) is 5.79. The van der Waals surface area contributed by atoms with Gasteiger partial charge >= 0.3 is 6.18 Å². The summed E-state index contributed by atoms with van der Waals surface area (Å²) in [5.74, 6) is -0.355. The highest BCUT2D eigenvalue weighted by Crippen LogP contribution is 2.46. The first-order valence-corrected chi connectivity index (χ1v) is 8.00. The molecule has 1 heterocycles. The van der Waals surface area contributed by atoms with E-state index < -0.39 is 23.3 Å². The van der Waals surface area contributed by atoms with Crippen LogP contribution in [0.1, 0.15) is 43.7 Å². The second-order valence-electron chi connectivity index (χ2n) is 6.52. The van der Waals surface area contributed by atoms with Crippen molar-refractivity contribution in [3.8, 4) is 0 Å². The minimum atomic E-state index is -4.37. The third-order valence-corrected chi connectivity index (χ3v) is 4.84. The zero-order valence-electron chi connectivity index (χ0n) is 13.3. The Morgan fingerprint density at radius 3 is 2.33 bits per heavy atom. The van der Waals surface area contributed by atoms with Gasteiger partial charge in [-0.25, -0.2) is 0 Å². The smallest absolute Gasteiger partial charge is 0.345 e. The van der Waals surface area contributed by atoms with Gasteiger partial charge in [0.2, 0.25) is 11.8 Å². The predicted octanol–water partition coefficient (Wildman–Crippen LogP) is 2.82. The monoisotopic (exact) mass is 340 g/mol. The molecule has 2 aliphatic rings. The summed E-state index contributed by atoms with van der Waals surface area (Å²) in [6.07, 6.45) is -1.59. The van der Waals surface area contributed by atoms with Crippen LogP contribution in [-0.4, -0.2) is 29.3 Å².